The van der Waals surface area contributed by atoms with E-state index >= 15 is 0 Å². The summed E-state index contributed by atoms with van der Waals surface area (Å²) in [4.78, 5) is 26.2. The van der Waals surface area contributed by atoms with Gasteiger partial charge in [-0.25, -0.2) is 4.39 Å². The normalized spacial score (nSPS) is 25.9. The summed E-state index contributed by atoms with van der Waals surface area (Å²) in [5, 5.41) is 2.69. The van der Waals surface area contributed by atoms with Crippen molar-refractivity contribution in [1.82, 2.24) is 10.2 Å². The van der Waals surface area contributed by atoms with Crippen molar-refractivity contribution in [3.63, 3.8) is 0 Å². The fourth-order valence-corrected chi connectivity index (χ4v) is 3.11. The van der Waals surface area contributed by atoms with Crippen LogP contribution in [0.2, 0.25) is 0 Å². The molecule has 158 valence electrons. The first-order valence-corrected chi connectivity index (χ1v) is 9.27. The number of amides is 2. The molecule has 1 aliphatic heterocycles. The van der Waals surface area contributed by atoms with Crippen LogP contribution in [0.15, 0.2) is 23.8 Å². The minimum atomic E-state index is -3.22. The molecule has 9 heteroatoms. The van der Waals surface area contributed by atoms with Crippen LogP contribution in [0.4, 0.5) is 13.2 Å². The number of ether oxygens (including phenoxy) is 1. The van der Waals surface area contributed by atoms with Crippen LogP contribution in [0.1, 0.15) is 33.6 Å². The second-order valence-electron chi connectivity index (χ2n) is 8.14. The molecule has 1 aliphatic carbocycles. The standard InChI is InChI=1S/C19H28F3N3O3/c1-18(2,3)28-11-15-17(27)24-6-7-25(15)16(26)9-13(23)8-12-10-19(21,22)5-4-14(12)20/h4-5,10,13-15H,6-9,11,23H2,1-3H3,(H,24,27)/t13-,14?,15-/m1/s1. The lowest BCUT2D eigenvalue weighted by atomic mass is 9.94. The maximum Gasteiger partial charge on any atom is 0.285 e. The van der Waals surface area contributed by atoms with Crippen LogP contribution >= 0.6 is 0 Å². The Morgan fingerprint density at radius 3 is 2.79 bits per heavy atom. The van der Waals surface area contributed by atoms with E-state index in [0.29, 0.717) is 25.2 Å². The molecule has 0 aromatic rings. The molecule has 0 aromatic carbocycles. The SMILES string of the molecule is CC(C)(C)OC[C@@H]1C(=O)NCCN1C(=O)C[C@H](N)CC1=CC(F)(F)C=CC1F. The predicted octanol–water partition coefficient (Wildman–Crippen LogP) is 1.71. The topological polar surface area (TPSA) is 84.7 Å². The molecule has 0 aromatic heterocycles. The number of rotatable bonds is 6. The molecule has 6 nitrogen and oxygen atoms in total. The number of hydrogen-bond donors (Lipinski definition) is 2. The maximum absolute atomic E-state index is 13.9. The lowest BCUT2D eigenvalue weighted by Gasteiger charge is -2.37. The van der Waals surface area contributed by atoms with Gasteiger partial charge in [0.15, 0.2) is 0 Å². The molecule has 0 radical (unpaired) electrons. The van der Waals surface area contributed by atoms with Crippen LogP contribution in [0.5, 0.6) is 0 Å². The van der Waals surface area contributed by atoms with Crippen LogP contribution in [-0.2, 0) is 14.3 Å². The third-order valence-electron chi connectivity index (χ3n) is 4.48. The van der Waals surface area contributed by atoms with E-state index in [9.17, 15) is 22.8 Å². The monoisotopic (exact) mass is 403 g/mol. The quantitative estimate of drug-likeness (QED) is 0.662. The third-order valence-corrected chi connectivity index (χ3v) is 4.48. The minimum absolute atomic E-state index is 0.0328. The number of alkyl halides is 3. The van der Waals surface area contributed by atoms with Crippen molar-refractivity contribution in [3.8, 4) is 0 Å². The van der Waals surface area contributed by atoms with Crippen molar-refractivity contribution >= 4 is 11.8 Å². The highest BCUT2D eigenvalue weighted by atomic mass is 19.3. The Labute approximate surface area is 163 Å². The van der Waals surface area contributed by atoms with Gasteiger partial charge in [0.2, 0.25) is 11.8 Å². The van der Waals surface area contributed by atoms with E-state index in [1.54, 1.807) is 0 Å². The Balaban J connectivity index is 1.99. The van der Waals surface area contributed by atoms with Crippen LogP contribution in [0.25, 0.3) is 0 Å². The number of allylic oxidation sites excluding steroid dienone is 3. The second kappa shape index (κ2) is 8.65. The molecule has 1 unspecified atom stereocenters. The molecule has 0 saturated carbocycles. The summed E-state index contributed by atoms with van der Waals surface area (Å²) >= 11 is 0. The van der Waals surface area contributed by atoms with E-state index in [2.05, 4.69) is 5.32 Å². The van der Waals surface area contributed by atoms with Crippen LogP contribution in [-0.4, -0.2) is 66.2 Å². The van der Waals surface area contributed by atoms with Crippen molar-refractivity contribution in [1.29, 1.82) is 0 Å². The molecular formula is C19H28F3N3O3. The van der Waals surface area contributed by atoms with Crippen molar-refractivity contribution < 1.29 is 27.5 Å². The van der Waals surface area contributed by atoms with Crippen molar-refractivity contribution in [2.75, 3.05) is 19.7 Å². The van der Waals surface area contributed by atoms with Gasteiger partial charge in [-0.15, -0.1) is 0 Å². The van der Waals surface area contributed by atoms with E-state index in [-0.39, 0.29) is 36.8 Å². The lowest BCUT2D eigenvalue weighted by molar-refractivity contribution is -0.148. The summed E-state index contributed by atoms with van der Waals surface area (Å²) in [6.07, 6.45) is -0.150. The lowest BCUT2D eigenvalue weighted by Crippen LogP contribution is -2.59. The summed E-state index contributed by atoms with van der Waals surface area (Å²) in [5.41, 5.74) is 5.31. The number of halogens is 3. The summed E-state index contributed by atoms with van der Waals surface area (Å²) in [6.45, 7) is 6.15. The summed E-state index contributed by atoms with van der Waals surface area (Å²) in [6, 6.07) is -1.63. The molecule has 2 aliphatic rings. The first-order valence-electron chi connectivity index (χ1n) is 9.27. The Morgan fingerprint density at radius 2 is 2.14 bits per heavy atom. The first-order chi connectivity index (χ1) is 12.9. The molecule has 28 heavy (non-hydrogen) atoms. The zero-order valence-corrected chi connectivity index (χ0v) is 16.4. The number of carbonyl (C=O) groups is 2. The molecule has 0 spiro atoms. The van der Waals surface area contributed by atoms with Crippen molar-refractivity contribution in [2.45, 2.75) is 63.4 Å². The number of nitrogens with zero attached hydrogens (tertiary/aromatic N) is 1. The van der Waals surface area contributed by atoms with Gasteiger partial charge in [0.1, 0.15) is 12.2 Å². The predicted molar refractivity (Wildman–Crippen MR) is 98.5 cm³/mol. The molecule has 2 rings (SSSR count). The van der Waals surface area contributed by atoms with Crippen LogP contribution in [0.3, 0.4) is 0 Å². The Morgan fingerprint density at radius 1 is 1.46 bits per heavy atom. The molecule has 0 bridgehead atoms. The maximum atomic E-state index is 13.9. The highest BCUT2D eigenvalue weighted by Crippen LogP contribution is 2.30. The third kappa shape index (κ3) is 6.34. The Bertz CT molecular complexity index is 659. The van der Waals surface area contributed by atoms with Crippen LogP contribution in [0, 0.1) is 0 Å². The molecule has 1 fully saturated rings. The molecule has 3 N–H and O–H groups in total. The second-order valence-corrected chi connectivity index (χ2v) is 8.14. The van der Waals surface area contributed by atoms with Gasteiger partial charge in [-0.1, -0.05) is 0 Å². The van der Waals surface area contributed by atoms with E-state index in [4.69, 9.17) is 10.5 Å². The molecular weight excluding hydrogens is 375 g/mol. The van der Waals surface area contributed by atoms with Gasteiger partial charge < -0.3 is 20.7 Å². The van der Waals surface area contributed by atoms with Crippen LogP contribution < -0.4 is 11.1 Å². The van der Waals surface area contributed by atoms with E-state index < -0.39 is 29.8 Å². The van der Waals surface area contributed by atoms with Gasteiger partial charge in [0.25, 0.3) is 5.92 Å². The van der Waals surface area contributed by atoms with Gasteiger partial charge in [-0.05, 0) is 51.0 Å². The van der Waals surface area contributed by atoms with Crippen molar-refractivity contribution in [2.24, 2.45) is 5.73 Å². The molecule has 1 heterocycles. The summed E-state index contributed by atoms with van der Waals surface area (Å²) in [7, 11) is 0. The van der Waals surface area contributed by atoms with Crippen molar-refractivity contribution in [3.05, 3.63) is 23.8 Å². The minimum Gasteiger partial charge on any atom is -0.373 e. The molecule has 3 atom stereocenters. The largest absolute Gasteiger partial charge is 0.373 e. The number of piperazine rings is 1. The van der Waals surface area contributed by atoms with Gasteiger partial charge in [0.05, 0.1) is 12.2 Å². The highest BCUT2D eigenvalue weighted by Gasteiger charge is 2.35. The summed E-state index contributed by atoms with van der Waals surface area (Å²) < 4.78 is 46.3. The van der Waals surface area contributed by atoms with Gasteiger partial charge in [0, 0.05) is 25.6 Å². The van der Waals surface area contributed by atoms with Gasteiger partial charge >= 0.3 is 0 Å². The van der Waals surface area contributed by atoms with E-state index in [1.807, 2.05) is 20.8 Å². The molecule has 2 amide bonds. The Hall–Kier alpha value is -1.87. The zero-order valence-electron chi connectivity index (χ0n) is 16.4. The zero-order chi connectivity index (χ0) is 21.1. The fourth-order valence-electron chi connectivity index (χ4n) is 3.11. The van der Waals surface area contributed by atoms with E-state index in [1.165, 1.54) is 4.90 Å². The first kappa shape index (κ1) is 22.4. The Kier molecular flexibility index (Phi) is 6.93. The number of hydrogen-bond acceptors (Lipinski definition) is 4. The number of nitrogens with two attached hydrogens (primary N) is 1. The number of nitrogens with one attached hydrogen (secondary N) is 1. The van der Waals surface area contributed by atoms with Gasteiger partial charge in [-0.2, -0.15) is 8.78 Å². The summed E-state index contributed by atoms with van der Waals surface area (Å²) in [5.74, 6) is -3.93. The average Bonchev–Trinajstić information content (AvgIpc) is 2.55. The van der Waals surface area contributed by atoms with Gasteiger partial charge in [-0.3, -0.25) is 9.59 Å². The fraction of sp³-hybridized carbons (Fsp3) is 0.684. The van der Waals surface area contributed by atoms with E-state index in [0.717, 1.165) is 6.08 Å². The number of carbonyl (C=O) groups excluding carboxylic acids is 2. The smallest absolute Gasteiger partial charge is 0.285 e. The highest BCUT2D eigenvalue weighted by molar-refractivity contribution is 5.89. The average molecular weight is 403 g/mol. The molecule has 1 saturated heterocycles.